The number of halogens is 1. The predicted molar refractivity (Wildman–Crippen MR) is 115 cm³/mol. The van der Waals surface area contributed by atoms with Crippen molar-refractivity contribution in [3.8, 4) is 0 Å². The van der Waals surface area contributed by atoms with Crippen molar-refractivity contribution in [3.05, 3.63) is 35.6 Å². The number of nitrogens with zero attached hydrogens (tertiary/aromatic N) is 3. The molecular formula is C23H32FN3O5. The smallest absolute Gasteiger partial charge is 0.254 e. The van der Waals surface area contributed by atoms with Crippen LogP contribution in [0.2, 0.25) is 0 Å². The van der Waals surface area contributed by atoms with Gasteiger partial charge in [-0.2, -0.15) is 0 Å². The minimum absolute atomic E-state index is 0.1000. The van der Waals surface area contributed by atoms with Gasteiger partial charge in [0, 0.05) is 38.3 Å². The molecule has 1 N–H and O–H groups in total. The summed E-state index contributed by atoms with van der Waals surface area (Å²) in [5.41, 5.74) is 0.367. The van der Waals surface area contributed by atoms with Crippen molar-refractivity contribution in [3.63, 3.8) is 0 Å². The van der Waals surface area contributed by atoms with Crippen LogP contribution in [0.25, 0.3) is 0 Å². The first-order valence-corrected chi connectivity index (χ1v) is 11.3. The summed E-state index contributed by atoms with van der Waals surface area (Å²) >= 11 is 0. The zero-order chi connectivity index (χ0) is 22.7. The Kier molecular flexibility index (Phi) is 7.40. The Morgan fingerprint density at radius 3 is 2.53 bits per heavy atom. The number of benzene rings is 1. The van der Waals surface area contributed by atoms with Gasteiger partial charge in [0.25, 0.3) is 5.91 Å². The summed E-state index contributed by atoms with van der Waals surface area (Å²) in [6.07, 6.45) is 0.196. The predicted octanol–water partition coefficient (Wildman–Crippen LogP) is 0.739. The highest BCUT2D eigenvalue weighted by atomic mass is 19.1. The maximum Gasteiger partial charge on any atom is 0.254 e. The number of rotatable bonds is 3. The lowest BCUT2D eigenvalue weighted by Gasteiger charge is -2.44. The lowest BCUT2D eigenvalue weighted by atomic mass is 9.94. The zero-order valence-electron chi connectivity index (χ0n) is 18.5. The van der Waals surface area contributed by atoms with Crippen LogP contribution in [0.5, 0.6) is 0 Å². The molecular weight excluding hydrogens is 417 g/mol. The van der Waals surface area contributed by atoms with E-state index in [4.69, 9.17) is 9.47 Å². The summed E-state index contributed by atoms with van der Waals surface area (Å²) in [6.45, 7) is 3.67. The molecule has 2 amide bonds. The van der Waals surface area contributed by atoms with Crippen LogP contribution in [0.4, 0.5) is 4.39 Å². The van der Waals surface area contributed by atoms with Gasteiger partial charge in [-0.3, -0.25) is 9.59 Å². The summed E-state index contributed by atoms with van der Waals surface area (Å²) in [5.74, 6) is -0.575. The minimum atomic E-state index is -0.808. The van der Waals surface area contributed by atoms with Crippen molar-refractivity contribution in [2.24, 2.45) is 0 Å². The monoisotopic (exact) mass is 449 g/mol. The molecule has 176 valence electrons. The van der Waals surface area contributed by atoms with Gasteiger partial charge in [-0.15, -0.1) is 0 Å². The first-order chi connectivity index (χ1) is 15.4. The van der Waals surface area contributed by atoms with Crippen LogP contribution in [0.3, 0.4) is 0 Å². The fraction of sp³-hybridized carbons (Fsp3) is 0.652. The van der Waals surface area contributed by atoms with Crippen molar-refractivity contribution in [1.29, 1.82) is 0 Å². The molecule has 0 spiro atoms. The number of ether oxygens (including phenoxy) is 2. The summed E-state index contributed by atoms with van der Waals surface area (Å²) in [4.78, 5) is 31.7. The Bertz CT molecular complexity index is 799. The number of aliphatic hydroxyl groups excluding tert-OH is 1. The summed E-state index contributed by atoms with van der Waals surface area (Å²) in [7, 11) is 2.05. The Labute approximate surface area is 187 Å². The molecule has 0 aromatic heterocycles. The molecule has 1 aromatic carbocycles. The van der Waals surface area contributed by atoms with Gasteiger partial charge in [-0.1, -0.05) is 0 Å². The molecule has 3 saturated heterocycles. The number of fused-ring (bicyclic) bond motifs is 1. The van der Waals surface area contributed by atoms with Crippen molar-refractivity contribution in [2.75, 3.05) is 53.0 Å². The van der Waals surface area contributed by atoms with Gasteiger partial charge < -0.3 is 29.3 Å². The highest BCUT2D eigenvalue weighted by Gasteiger charge is 2.40. The molecule has 4 rings (SSSR count). The number of carbonyl (C=O) groups is 2. The van der Waals surface area contributed by atoms with Crippen molar-refractivity contribution < 1.29 is 28.6 Å². The molecule has 1 aromatic rings. The van der Waals surface area contributed by atoms with Crippen LogP contribution in [0.1, 0.15) is 29.6 Å². The highest BCUT2D eigenvalue weighted by molar-refractivity contribution is 5.94. The van der Waals surface area contributed by atoms with Gasteiger partial charge in [0.1, 0.15) is 11.9 Å². The second kappa shape index (κ2) is 10.2. The molecule has 0 radical (unpaired) electrons. The summed E-state index contributed by atoms with van der Waals surface area (Å²) in [5, 5.41) is 10.3. The van der Waals surface area contributed by atoms with E-state index in [1.165, 1.54) is 24.3 Å². The van der Waals surface area contributed by atoms with E-state index in [0.29, 0.717) is 24.8 Å². The molecule has 3 aliphatic rings. The lowest BCUT2D eigenvalue weighted by molar-refractivity contribution is -0.155. The SMILES string of the molecule is CN1CCN(C(=O)C[C@@H]2CC[C@H]3[C@@H](COC[C@@H](O)CN3C(=O)c3ccc(F)cc3)O2)CC1. The number of aliphatic hydroxyl groups is 1. The van der Waals surface area contributed by atoms with Crippen LogP contribution in [0.15, 0.2) is 24.3 Å². The quantitative estimate of drug-likeness (QED) is 0.733. The van der Waals surface area contributed by atoms with E-state index in [2.05, 4.69) is 11.9 Å². The third kappa shape index (κ3) is 5.46. The number of amides is 2. The molecule has 0 saturated carbocycles. The van der Waals surface area contributed by atoms with Gasteiger partial charge in [0.15, 0.2) is 0 Å². The average molecular weight is 450 g/mol. The van der Waals surface area contributed by atoms with Crippen LogP contribution in [0, 0.1) is 5.82 Å². The third-order valence-corrected chi connectivity index (χ3v) is 6.59. The fourth-order valence-corrected chi connectivity index (χ4v) is 4.71. The molecule has 0 bridgehead atoms. The van der Waals surface area contributed by atoms with E-state index >= 15 is 0 Å². The topological polar surface area (TPSA) is 82.6 Å². The van der Waals surface area contributed by atoms with Crippen molar-refractivity contribution in [2.45, 2.75) is 43.6 Å². The third-order valence-electron chi connectivity index (χ3n) is 6.59. The van der Waals surface area contributed by atoms with Gasteiger partial charge in [-0.25, -0.2) is 4.39 Å². The number of β-amino-alcohol motifs (C(OH)–C–C–N with tert-alkyl or cyclic N) is 1. The molecule has 9 heteroatoms. The van der Waals surface area contributed by atoms with Crippen LogP contribution < -0.4 is 0 Å². The highest BCUT2D eigenvalue weighted by Crippen LogP contribution is 2.29. The Balaban J connectivity index is 1.42. The maximum absolute atomic E-state index is 13.3. The molecule has 3 fully saturated rings. The second-order valence-electron chi connectivity index (χ2n) is 8.99. The van der Waals surface area contributed by atoms with Gasteiger partial charge in [0.2, 0.25) is 5.91 Å². The lowest BCUT2D eigenvalue weighted by Crippen LogP contribution is -2.57. The summed E-state index contributed by atoms with van der Waals surface area (Å²) in [6, 6.07) is 5.14. The number of hydrogen-bond donors (Lipinski definition) is 1. The van der Waals surface area contributed by atoms with Crippen LogP contribution >= 0.6 is 0 Å². The first-order valence-electron chi connectivity index (χ1n) is 11.3. The average Bonchev–Trinajstić information content (AvgIpc) is 2.77. The Morgan fingerprint density at radius 1 is 1.09 bits per heavy atom. The largest absolute Gasteiger partial charge is 0.389 e. The van der Waals surface area contributed by atoms with Crippen LogP contribution in [-0.4, -0.2) is 109 Å². The zero-order valence-corrected chi connectivity index (χ0v) is 18.5. The van der Waals surface area contributed by atoms with E-state index in [0.717, 1.165) is 26.2 Å². The second-order valence-corrected chi connectivity index (χ2v) is 8.99. The number of hydrogen-bond acceptors (Lipinski definition) is 6. The number of piperazine rings is 1. The minimum Gasteiger partial charge on any atom is -0.389 e. The van der Waals surface area contributed by atoms with Gasteiger partial charge in [0.05, 0.1) is 37.9 Å². The molecule has 3 aliphatic heterocycles. The van der Waals surface area contributed by atoms with E-state index in [-0.39, 0.29) is 49.8 Å². The Morgan fingerprint density at radius 2 is 1.81 bits per heavy atom. The Hall–Kier alpha value is -2.07. The van der Waals surface area contributed by atoms with E-state index in [9.17, 15) is 19.1 Å². The van der Waals surface area contributed by atoms with E-state index in [1.54, 1.807) is 4.90 Å². The van der Waals surface area contributed by atoms with E-state index in [1.807, 2.05) is 4.90 Å². The number of likely N-dealkylation sites (N-methyl/N-ethyl adjacent to an activating group) is 1. The van der Waals surface area contributed by atoms with Gasteiger partial charge in [-0.05, 0) is 44.2 Å². The molecule has 0 unspecified atom stereocenters. The molecule has 8 nitrogen and oxygen atoms in total. The number of carbonyl (C=O) groups excluding carboxylic acids is 2. The van der Waals surface area contributed by atoms with E-state index < -0.39 is 11.9 Å². The fourth-order valence-electron chi connectivity index (χ4n) is 4.71. The van der Waals surface area contributed by atoms with Crippen molar-refractivity contribution in [1.82, 2.24) is 14.7 Å². The normalized spacial score (nSPS) is 29.7. The molecule has 32 heavy (non-hydrogen) atoms. The molecule has 0 aliphatic carbocycles. The van der Waals surface area contributed by atoms with Crippen LogP contribution in [-0.2, 0) is 14.3 Å². The van der Waals surface area contributed by atoms with Crippen molar-refractivity contribution >= 4 is 11.8 Å². The van der Waals surface area contributed by atoms with Gasteiger partial charge >= 0.3 is 0 Å². The maximum atomic E-state index is 13.3. The molecule has 4 atom stereocenters. The standard InChI is InChI=1S/C23H32FN3O5/c1-25-8-10-26(11-9-25)22(29)12-19-6-7-20-21(32-19)15-31-14-18(28)13-27(20)23(30)16-2-4-17(24)5-3-16/h2-5,18-21,28H,6-15H2,1H3/t18-,19-,20-,21+/m0/s1. The first kappa shape index (κ1) is 23.1. The molecule has 3 heterocycles. The summed E-state index contributed by atoms with van der Waals surface area (Å²) < 4.78 is 25.2.